The summed E-state index contributed by atoms with van der Waals surface area (Å²) in [6.45, 7) is 0.352. The summed E-state index contributed by atoms with van der Waals surface area (Å²) in [5.41, 5.74) is -0.415. The van der Waals surface area contributed by atoms with E-state index in [0.29, 0.717) is 24.9 Å². The second-order valence-corrected chi connectivity index (χ2v) is 6.27. The minimum atomic E-state index is -4.58. The Kier molecular flexibility index (Phi) is 5.00. The van der Waals surface area contributed by atoms with Crippen LogP contribution in [0.2, 0.25) is 0 Å². The van der Waals surface area contributed by atoms with Crippen molar-refractivity contribution in [3.05, 3.63) is 71.0 Å². The number of nitrogens with zero attached hydrogens (tertiary/aromatic N) is 1. The van der Waals surface area contributed by atoms with Gasteiger partial charge in [0, 0.05) is 6.54 Å². The third kappa shape index (κ3) is 3.58. The summed E-state index contributed by atoms with van der Waals surface area (Å²) in [6, 6.07) is 8.48. The molecule has 0 amide bonds. The quantitative estimate of drug-likeness (QED) is 0.810. The van der Waals surface area contributed by atoms with Gasteiger partial charge >= 0.3 is 12.1 Å². The van der Waals surface area contributed by atoms with Crippen molar-refractivity contribution < 1.29 is 27.5 Å². The molecule has 0 spiro atoms. The largest absolute Gasteiger partial charge is 0.480 e. The lowest BCUT2D eigenvalue weighted by Gasteiger charge is -2.33. The van der Waals surface area contributed by atoms with Crippen molar-refractivity contribution in [3.8, 4) is 0 Å². The Morgan fingerprint density at radius 3 is 2.38 bits per heavy atom. The molecule has 26 heavy (non-hydrogen) atoms. The lowest BCUT2D eigenvalue weighted by atomic mass is 9.92. The zero-order valence-electron chi connectivity index (χ0n) is 13.7. The van der Waals surface area contributed by atoms with Crippen LogP contribution < -0.4 is 0 Å². The summed E-state index contributed by atoms with van der Waals surface area (Å²) in [7, 11) is 0. The van der Waals surface area contributed by atoms with E-state index in [4.69, 9.17) is 0 Å². The van der Waals surface area contributed by atoms with Gasteiger partial charge in [-0.05, 0) is 42.2 Å². The highest BCUT2D eigenvalue weighted by Gasteiger charge is 2.41. The number of aliphatic carboxylic acids is 1. The first-order chi connectivity index (χ1) is 12.3. The van der Waals surface area contributed by atoms with Crippen LogP contribution in [-0.2, 0) is 11.0 Å². The molecule has 0 saturated carbocycles. The molecule has 1 saturated heterocycles. The number of benzene rings is 2. The number of rotatable bonds is 4. The second-order valence-electron chi connectivity index (χ2n) is 6.27. The molecule has 0 aromatic heterocycles. The molecule has 2 unspecified atom stereocenters. The van der Waals surface area contributed by atoms with E-state index in [9.17, 15) is 27.5 Å². The molecule has 1 heterocycles. The van der Waals surface area contributed by atoms with Gasteiger partial charge in [0.05, 0.1) is 11.6 Å². The van der Waals surface area contributed by atoms with Crippen LogP contribution in [0.4, 0.5) is 17.6 Å². The summed E-state index contributed by atoms with van der Waals surface area (Å²) in [5, 5.41) is 9.48. The fourth-order valence-electron chi connectivity index (χ4n) is 3.55. The van der Waals surface area contributed by atoms with Gasteiger partial charge in [-0.3, -0.25) is 9.69 Å². The van der Waals surface area contributed by atoms with E-state index in [1.165, 1.54) is 42.5 Å². The van der Waals surface area contributed by atoms with Crippen molar-refractivity contribution in [1.29, 1.82) is 0 Å². The molecular formula is C19H17F4NO2. The molecule has 7 heteroatoms. The fraction of sp³-hybridized carbons (Fsp3) is 0.316. The minimum Gasteiger partial charge on any atom is -0.480 e. The molecule has 3 nitrogen and oxygen atoms in total. The van der Waals surface area contributed by atoms with Gasteiger partial charge < -0.3 is 5.11 Å². The van der Waals surface area contributed by atoms with E-state index in [1.807, 2.05) is 0 Å². The van der Waals surface area contributed by atoms with Gasteiger partial charge in [0.25, 0.3) is 0 Å². The number of hydrogen-bond donors (Lipinski definition) is 1. The fourth-order valence-corrected chi connectivity index (χ4v) is 3.55. The topological polar surface area (TPSA) is 40.5 Å². The van der Waals surface area contributed by atoms with Gasteiger partial charge in [-0.15, -0.1) is 0 Å². The molecule has 1 fully saturated rings. The van der Waals surface area contributed by atoms with Crippen LogP contribution in [-0.4, -0.2) is 28.6 Å². The molecule has 0 aliphatic carbocycles. The predicted molar refractivity (Wildman–Crippen MR) is 87.1 cm³/mol. The monoisotopic (exact) mass is 367 g/mol. The molecule has 0 radical (unpaired) electrons. The standard InChI is InChI=1S/C19H17F4NO2/c20-13-9-7-12(8-10-13)17(24-11-3-6-16(24)18(25)26)14-4-1-2-5-15(14)19(21,22)23/h1-2,4-5,7-10,16-17H,3,6,11H2,(H,25,26). The maximum atomic E-state index is 13.5. The zero-order valence-corrected chi connectivity index (χ0v) is 13.7. The number of carboxylic acid groups (broad SMARTS) is 1. The number of halogens is 4. The third-order valence-corrected chi connectivity index (χ3v) is 4.66. The highest BCUT2D eigenvalue weighted by Crippen LogP contribution is 2.41. The molecule has 1 N–H and O–H groups in total. The van der Waals surface area contributed by atoms with Gasteiger partial charge in [-0.25, -0.2) is 4.39 Å². The van der Waals surface area contributed by atoms with E-state index < -0.39 is 35.6 Å². The number of hydrogen-bond acceptors (Lipinski definition) is 2. The average molecular weight is 367 g/mol. The van der Waals surface area contributed by atoms with Crippen molar-refractivity contribution in [2.75, 3.05) is 6.54 Å². The van der Waals surface area contributed by atoms with Crippen LogP contribution in [0.25, 0.3) is 0 Å². The predicted octanol–water partition coefficient (Wildman–Crippen LogP) is 4.48. The summed E-state index contributed by atoms with van der Waals surface area (Å²) in [5.74, 6) is -1.58. The summed E-state index contributed by atoms with van der Waals surface area (Å²) >= 11 is 0. The van der Waals surface area contributed by atoms with Crippen molar-refractivity contribution in [2.45, 2.75) is 31.1 Å². The Bertz CT molecular complexity index is 789. The second kappa shape index (κ2) is 7.07. The zero-order chi connectivity index (χ0) is 18.9. The lowest BCUT2D eigenvalue weighted by molar-refractivity contribution is -0.143. The summed E-state index contributed by atoms with van der Waals surface area (Å²) in [6.07, 6.45) is -3.64. The Hall–Kier alpha value is -2.41. The summed E-state index contributed by atoms with van der Waals surface area (Å²) < 4.78 is 53.9. The van der Waals surface area contributed by atoms with Gasteiger partial charge in [0.1, 0.15) is 11.9 Å². The molecule has 3 rings (SSSR count). The molecule has 2 atom stereocenters. The lowest BCUT2D eigenvalue weighted by Crippen LogP contribution is -2.39. The Labute approximate surface area is 147 Å². The third-order valence-electron chi connectivity index (χ3n) is 4.66. The van der Waals surface area contributed by atoms with Crippen molar-refractivity contribution in [2.24, 2.45) is 0 Å². The van der Waals surface area contributed by atoms with Crippen LogP contribution in [0.1, 0.15) is 35.6 Å². The van der Waals surface area contributed by atoms with Crippen LogP contribution in [0.5, 0.6) is 0 Å². The molecule has 2 aromatic carbocycles. The Balaban J connectivity index is 2.16. The SMILES string of the molecule is O=C(O)C1CCCN1C(c1ccc(F)cc1)c1ccccc1C(F)(F)F. The molecule has 138 valence electrons. The van der Waals surface area contributed by atoms with Crippen molar-refractivity contribution in [1.82, 2.24) is 4.90 Å². The maximum absolute atomic E-state index is 13.5. The number of carboxylic acids is 1. The van der Waals surface area contributed by atoms with Crippen molar-refractivity contribution >= 4 is 5.97 Å². The van der Waals surface area contributed by atoms with Crippen molar-refractivity contribution in [3.63, 3.8) is 0 Å². The summed E-state index contributed by atoms with van der Waals surface area (Å²) in [4.78, 5) is 13.1. The molecular weight excluding hydrogens is 350 g/mol. The van der Waals surface area contributed by atoms with Gasteiger partial charge in [0.15, 0.2) is 0 Å². The van der Waals surface area contributed by atoms with Crippen LogP contribution in [0.3, 0.4) is 0 Å². The molecule has 2 aromatic rings. The Morgan fingerprint density at radius 1 is 1.12 bits per heavy atom. The van der Waals surface area contributed by atoms with Gasteiger partial charge in [-0.1, -0.05) is 30.3 Å². The highest BCUT2D eigenvalue weighted by atomic mass is 19.4. The first kappa shape index (κ1) is 18.4. The average Bonchev–Trinajstić information content (AvgIpc) is 3.06. The van der Waals surface area contributed by atoms with E-state index in [-0.39, 0.29) is 5.56 Å². The first-order valence-corrected chi connectivity index (χ1v) is 8.19. The van der Waals surface area contributed by atoms with E-state index in [2.05, 4.69) is 0 Å². The van der Waals surface area contributed by atoms with Crippen LogP contribution in [0.15, 0.2) is 48.5 Å². The molecule has 0 bridgehead atoms. The van der Waals surface area contributed by atoms with Gasteiger partial charge in [0.2, 0.25) is 0 Å². The minimum absolute atomic E-state index is 0.0280. The van der Waals surface area contributed by atoms with E-state index in [1.54, 1.807) is 4.90 Å². The number of likely N-dealkylation sites (tertiary alicyclic amines) is 1. The molecule has 1 aliphatic rings. The number of carbonyl (C=O) groups is 1. The smallest absolute Gasteiger partial charge is 0.416 e. The molecule has 1 aliphatic heterocycles. The maximum Gasteiger partial charge on any atom is 0.416 e. The normalized spacial score (nSPS) is 19.5. The van der Waals surface area contributed by atoms with E-state index >= 15 is 0 Å². The van der Waals surface area contributed by atoms with E-state index in [0.717, 1.165) is 6.07 Å². The highest BCUT2D eigenvalue weighted by molar-refractivity contribution is 5.74. The Morgan fingerprint density at radius 2 is 1.77 bits per heavy atom. The first-order valence-electron chi connectivity index (χ1n) is 8.19. The van der Waals surface area contributed by atoms with Crippen LogP contribution in [0, 0.1) is 5.82 Å². The number of alkyl halides is 3. The van der Waals surface area contributed by atoms with Gasteiger partial charge in [-0.2, -0.15) is 13.2 Å². The van der Waals surface area contributed by atoms with Crippen LogP contribution >= 0.6 is 0 Å².